The lowest BCUT2D eigenvalue weighted by Crippen LogP contribution is -2.42. The number of methoxy groups -OCH3 is 2. The Balaban J connectivity index is 2.42. The first-order valence-corrected chi connectivity index (χ1v) is 7.52. The van der Waals surface area contributed by atoms with E-state index in [4.69, 9.17) is 9.47 Å². The number of hydrogen-bond acceptors (Lipinski definition) is 5. The van der Waals surface area contributed by atoms with Crippen LogP contribution < -0.4 is 0 Å². The van der Waals surface area contributed by atoms with Crippen molar-refractivity contribution in [2.24, 2.45) is 0 Å². The van der Waals surface area contributed by atoms with Gasteiger partial charge in [-0.3, -0.25) is 9.69 Å². The topological polar surface area (TPSA) is 42.0 Å². The minimum atomic E-state index is 0.109. The van der Waals surface area contributed by atoms with Gasteiger partial charge >= 0.3 is 0 Å². The van der Waals surface area contributed by atoms with Gasteiger partial charge in [0.15, 0.2) is 0 Å². The smallest absolute Gasteiger partial charge is 0.236 e. The molecule has 0 saturated heterocycles. The molecule has 0 saturated carbocycles. The molecule has 114 valence electrons. The van der Waals surface area contributed by atoms with Gasteiger partial charge in [-0.15, -0.1) is 11.3 Å². The van der Waals surface area contributed by atoms with Crippen molar-refractivity contribution in [2.75, 3.05) is 54.1 Å². The van der Waals surface area contributed by atoms with Crippen LogP contribution in [0.3, 0.4) is 0 Å². The van der Waals surface area contributed by atoms with Crippen molar-refractivity contribution in [3.05, 3.63) is 22.4 Å². The maximum absolute atomic E-state index is 12.3. The molecule has 1 aromatic rings. The van der Waals surface area contributed by atoms with E-state index in [0.717, 1.165) is 6.54 Å². The normalized spacial score (nSPS) is 11.0. The van der Waals surface area contributed by atoms with Crippen molar-refractivity contribution in [1.82, 2.24) is 9.80 Å². The van der Waals surface area contributed by atoms with E-state index in [0.29, 0.717) is 32.8 Å². The molecule has 0 N–H and O–H groups in total. The van der Waals surface area contributed by atoms with Crippen molar-refractivity contribution in [1.29, 1.82) is 0 Å². The number of rotatable bonds is 10. The molecule has 0 atom stereocenters. The summed E-state index contributed by atoms with van der Waals surface area (Å²) in [6.45, 7) is 3.50. The molecule has 0 aliphatic carbocycles. The van der Waals surface area contributed by atoms with Crippen LogP contribution in [0, 0.1) is 0 Å². The second-order valence-corrected chi connectivity index (χ2v) is 5.65. The monoisotopic (exact) mass is 300 g/mol. The van der Waals surface area contributed by atoms with Crippen LogP contribution in [0.1, 0.15) is 4.88 Å². The number of hydrogen-bond donors (Lipinski definition) is 0. The Labute approximate surface area is 125 Å². The van der Waals surface area contributed by atoms with E-state index in [2.05, 4.69) is 11.4 Å². The molecular formula is C14H24N2O3S. The van der Waals surface area contributed by atoms with Gasteiger partial charge in [-0.25, -0.2) is 0 Å². The minimum Gasteiger partial charge on any atom is -0.383 e. The van der Waals surface area contributed by atoms with Crippen molar-refractivity contribution in [2.45, 2.75) is 6.54 Å². The summed E-state index contributed by atoms with van der Waals surface area (Å²) in [5.74, 6) is 0.109. The number of nitrogens with zero attached hydrogens (tertiary/aromatic N) is 2. The highest BCUT2D eigenvalue weighted by atomic mass is 32.1. The molecule has 1 rings (SSSR count). The molecule has 20 heavy (non-hydrogen) atoms. The summed E-state index contributed by atoms with van der Waals surface area (Å²) in [5, 5.41) is 2.05. The quantitative estimate of drug-likeness (QED) is 0.653. The van der Waals surface area contributed by atoms with Gasteiger partial charge in [0.05, 0.1) is 19.8 Å². The number of carbonyl (C=O) groups is 1. The van der Waals surface area contributed by atoms with Crippen molar-refractivity contribution < 1.29 is 14.3 Å². The highest BCUT2D eigenvalue weighted by Gasteiger charge is 2.15. The van der Waals surface area contributed by atoms with E-state index < -0.39 is 0 Å². The Morgan fingerprint density at radius 1 is 1.25 bits per heavy atom. The number of amides is 1. The number of likely N-dealkylation sites (N-methyl/N-ethyl adjacent to an activating group) is 1. The summed E-state index contributed by atoms with van der Waals surface area (Å²) in [4.78, 5) is 17.4. The number of thiophene rings is 1. The molecule has 0 radical (unpaired) electrons. The lowest BCUT2D eigenvalue weighted by Gasteiger charge is -2.25. The minimum absolute atomic E-state index is 0.109. The number of carbonyl (C=O) groups excluding carboxylic acids is 1. The second-order valence-electron chi connectivity index (χ2n) is 4.62. The first kappa shape index (κ1) is 17.1. The maximum Gasteiger partial charge on any atom is 0.236 e. The van der Waals surface area contributed by atoms with Crippen LogP contribution in [-0.4, -0.2) is 69.8 Å². The van der Waals surface area contributed by atoms with E-state index in [1.807, 2.05) is 18.0 Å². The molecule has 5 nitrogen and oxygen atoms in total. The average Bonchev–Trinajstić information content (AvgIpc) is 2.91. The predicted octanol–water partition coefficient (Wildman–Crippen LogP) is 1.30. The van der Waals surface area contributed by atoms with Gasteiger partial charge in [0, 0.05) is 38.7 Å². The molecule has 1 aromatic heterocycles. The fourth-order valence-corrected chi connectivity index (χ4v) is 2.60. The first-order chi connectivity index (χ1) is 9.67. The highest BCUT2D eigenvalue weighted by Crippen LogP contribution is 2.10. The van der Waals surface area contributed by atoms with Gasteiger partial charge in [0.25, 0.3) is 0 Å². The standard InChI is InChI=1S/C14H24N2O3S/c1-15(11-13-5-4-10-20-13)12-14(17)16(6-8-18-2)7-9-19-3/h4-5,10H,6-9,11-12H2,1-3H3. The molecule has 0 aliphatic heterocycles. The molecule has 0 aliphatic rings. The summed E-state index contributed by atoms with van der Waals surface area (Å²) >= 11 is 1.71. The van der Waals surface area contributed by atoms with Gasteiger partial charge in [-0.1, -0.05) is 6.07 Å². The first-order valence-electron chi connectivity index (χ1n) is 6.64. The Hall–Kier alpha value is -0.950. The molecule has 6 heteroatoms. The summed E-state index contributed by atoms with van der Waals surface area (Å²) in [6, 6.07) is 4.11. The third kappa shape index (κ3) is 6.47. The van der Waals surface area contributed by atoms with E-state index in [-0.39, 0.29) is 5.91 Å². The van der Waals surface area contributed by atoms with Crippen LogP contribution in [0.5, 0.6) is 0 Å². The van der Waals surface area contributed by atoms with E-state index in [9.17, 15) is 4.79 Å². The predicted molar refractivity (Wildman–Crippen MR) is 81.0 cm³/mol. The zero-order valence-corrected chi connectivity index (χ0v) is 13.3. The fraction of sp³-hybridized carbons (Fsp3) is 0.643. The summed E-state index contributed by atoms with van der Waals surface area (Å²) in [6.07, 6.45) is 0. The molecule has 0 fully saturated rings. The van der Waals surface area contributed by atoms with Crippen molar-refractivity contribution in [3.8, 4) is 0 Å². The highest BCUT2D eigenvalue weighted by molar-refractivity contribution is 7.09. The summed E-state index contributed by atoms with van der Waals surface area (Å²) in [7, 11) is 5.24. The van der Waals surface area contributed by atoms with Crippen LogP contribution in [-0.2, 0) is 20.8 Å². The van der Waals surface area contributed by atoms with E-state index in [1.165, 1.54) is 4.88 Å². The third-order valence-corrected chi connectivity index (χ3v) is 3.76. The average molecular weight is 300 g/mol. The van der Waals surface area contributed by atoms with Gasteiger partial charge in [-0.2, -0.15) is 0 Å². The number of ether oxygens (including phenoxy) is 2. The molecule has 1 heterocycles. The molecule has 1 amide bonds. The van der Waals surface area contributed by atoms with Gasteiger partial charge < -0.3 is 14.4 Å². The van der Waals surface area contributed by atoms with Gasteiger partial charge in [0.2, 0.25) is 5.91 Å². The van der Waals surface area contributed by atoms with Crippen molar-refractivity contribution >= 4 is 17.2 Å². The van der Waals surface area contributed by atoms with Crippen LogP contribution in [0.25, 0.3) is 0 Å². The summed E-state index contributed by atoms with van der Waals surface area (Å²) < 4.78 is 10.1. The van der Waals surface area contributed by atoms with Gasteiger partial charge in [-0.05, 0) is 18.5 Å². The Morgan fingerprint density at radius 2 is 1.90 bits per heavy atom. The Bertz CT molecular complexity index is 363. The zero-order chi connectivity index (χ0) is 14.8. The molecule has 0 aromatic carbocycles. The second kappa shape index (κ2) is 9.88. The molecule has 0 unspecified atom stereocenters. The SMILES string of the molecule is COCCN(CCOC)C(=O)CN(C)Cc1cccs1. The maximum atomic E-state index is 12.3. The Kier molecular flexibility index (Phi) is 8.45. The zero-order valence-electron chi connectivity index (χ0n) is 12.5. The molecular weight excluding hydrogens is 276 g/mol. The van der Waals surface area contributed by atoms with Gasteiger partial charge in [0.1, 0.15) is 0 Å². The Morgan fingerprint density at radius 3 is 2.40 bits per heavy atom. The van der Waals surface area contributed by atoms with Crippen LogP contribution >= 0.6 is 11.3 Å². The van der Waals surface area contributed by atoms with Crippen molar-refractivity contribution in [3.63, 3.8) is 0 Å². The van der Waals surface area contributed by atoms with Crippen LogP contribution in [0.15, 0.2) is 17.5 Å². The van der Waals surface area contributed by atoms with E-state index in [1.54, 1.807) is 30.5 Å². The van der Waals surface area contributed by atoms with E-state index >= 15 is 0 Å². The lowest BCUT2D eigenvalue weighted by molar-refractivity contribution is -0.133. The summed E-state index contributed by atoms with van der Waals surface area (Å²) in [5.41, 5.74) is 0. The molecule has 0 spiro atoms. The third-order valence-electron chi connectivity index (χ3n) is 2.89. The largest absolute Gasteiger partial charge is 0.383 e. The van der Waals surface area contributed by atoms with Crippen LogP contribution in [0.2, 0.25) is 0 Å². The fourth-order valence-electron chi connectivity index (χ4n) is 1.82. The lowest BCUT2D eigenvalue weighted by atomic mass is 10.4. The van der Waals surface area contributed by atoms with Crippen LogP contribution in [0.4, 0.5) is 0 Å². The molecule has 0 bridgehead atoms.